The molecule has 17 heavy (non-hydrogen) atoms. The van der Waals surface area contributed by atoms with Crippen LogP contribution in [0.3, 0.4) is 0 Å². The van der Waals surface area contributed by atoms with Gasteiger partial charge in [-0.25, -0.2) is 0 Å². The summed E-state index contributed by atoms with van der Waals surface area (Å²) >= 11 is 0. The quantitative estimate of drug-likeness (QED) is 0.767. The minimum absolute atomic E-state index is 0.511. The lowest BCUT2D eigenvalue weighted by atomic mass is 9.88. The molecule has 3 heteroatoms. The smallest absolute Gasteiger partial charge is 0.0601 e. The van der Waals surface area contributed by atoms with Crippen molar-refractivity contribution in [2.75, 3.05) is 26.7 Å². The molecule has 1 aliphatic carbocycles. The predicted molar refractivity (Wildman–Crippen MR) is 71.3 cm³/mol. The summed E-state index contributed by atoms with van der Waals surface area (Å²) in [5, 5.41) is 3.72. The standard InChI is InChI=1S/C14H28N2O/c1-11(2)14(16-6-4-5-7-16)10-15-12-8-13(9-12)17-3/h11-15H,4-10H2,1-3H3. The average molecular weight is 240 g/mol. The second kappa shape index (κ2) is 6.17. The van der Waals surface area contributed by atoms with Gasteiger partial charge in [-0.3, -0.25) is 4.90 Å². The molecule has 0 aromatic carbocycles. The van der Waals surface area contributed by atoms with Gasteiger partial charge in [0.15, 0.2) is 0 Å². The molecule has 0 aromatic heterocycles. The Balaban J connectivity index is 1.71. The van der Waals surface area contributed by atoms with E-state index in [0.29, 0.717) is 12.1 Å². The maximum atomic E-state index is 5.32. The van der Waals surface area contributed by atoms with Crippen molar-refractivity contribution in [3.8, 4) is 0 Å². The Hall–Kier alpha value is -0.120. The lowest BCUT2D eigenvalue weighted by Crippen LogP contribution is -2.51. The van der Waals surface area contributed by atoms with Gasteiger partial charge < -0.3 is 10.1 Å². The SMILES string of the molecule is COC1CC(NCC(C(C)C)N2CCCC2)C1. The molecule has 100 valence electrons. The molecule has 1 aliphatic heterocycles. The highest BCUT2D eigenvalue weighted by atomic mass is 16.5. The molecule has 2 fully saturated rings. The Morgan fingerprint density at radius 1 is 1.24 bits per heavy atom. The summed E-state index contributed by atoms with van der Waals surface area (Å²) in [4.78, 5) is 2.67. The zero-order valence-electron chi connectivity index (χ0n) is 11.6. The molecule has 2 aliphatic rings. The Morgan fingerprint density at radius 3 is 2.41 bits per heavy atom. The van der Waals surface area contributed by atoms with Gasteiger partial charge in [0.2, 0.25) is 0 Å². The Bertz CT molecular complexity index is 220. The van der Waals surface area contributed by atoms with Gasteiger partial charge >= 0.3 is 0 Å². The molecule has 1 N–H and O–H groups in total. The third-order valence-electron chi connectivity index (χ3n) is 4.42. The van der Waals surface area contributed by atoms with Crippen LogP contribution < -0.4 is 5.32 Å². The van der Waals surface area contributed by atoms with E-state index in [9.17, 15) is 0 Å². The maximum Gasteiger partial charge on any atom is 0.0601 e. The first-order chi connectivity index (χ1) is 8.20. The highest BCUT2D eigenvalue weighted by Gasteiger charge is 2.31. The summed E-state index contributed by atoms with van der Waals surface area (Å²) in [5.74, 6) is 0.749. The lowest BCUT2D eigenvalue weighted by molar-refractivity contribution is 0.0147. The number of likely N-dealkylation sites (tertiary alicyclic amines) is 1. The van der Waals surface area contributed by atoms with E-state index >= 15 is 0 Å². The van der Waals surface area contributed by atoms with Gasteiger partial charge in [0, 0.05) is 25.7 Å². The van der Waals surface area contributed by atoms with Crippen LogP contribution in [0.25, 0.3) is 0 Å². The molecule has 1 heterocycles. The number of nitrogens with zero attached hydrogens (tertiary/aromatic N) is 1. The van der Waals surface area contributed by atoms with Gasteiger partial charge in [0.05, 0.1) is 6.10 Å². The maximum absolute atomic E-state index is 5.32. The van der Waals surface area contributed by atoms with Gasteiger partial charge in [-0.05, 0) is 44.7 Å². The minimum atomic E-state index is 0.511. The largest absolute Gasteiger partial charge is 0.381 e. The Morgan fingerprint density at radius 2 is 1.88 bits per heavy atom. The zero-order chi connectivity index (χ0) is 12.3. The van der Waals surface area contributed by atoms with Gasteiger partial charge in [-0.1, -0.05) is 13.8 Å². The molecule has 0 spiro atoms. The first kappa shape index (κ1) is 13.3. The fourth-order valence-corrected chi connectivity index (χ4v) is 3.07. The molecule has 0 radical (unpaired) electrons. The molecular formula is C14H28N2O. The fraction of sp³-hybridized carbons (Fsp3) is 1.00. The predicted octanol–water partition coefficient (Wildman–Crippen LogP) is 1.87. The third kappa shape index (κ3) is 3.43. The number of hydrogen-bond donors (Lipinski definition) is 1. The minimum Gasteiger partial charge on any atom is -0.381 e. The van der Waals surface area contributed by atoms with Crippen molar-refractivity contribution < 1.29 is 4.74 Å². The number of hydrogen-bond acceptors (Lipinski definition) is 3. The summed E-state index contributed by atoms with van der Waals surface area (Å²) in [5.41, 5.74) is 0. The average Bonchev–Trinajstić information content (AvgIpc) is 2.74. The van der Waals surface area contributed by atoms with Crippen molar-refractivity contribution in [3.63, 3.8) is 0 Å². The van der Waals surface area contributed by atoms with Gasteiger partial charge in [-0.2, -0.15) is 0 Å². The second-order valence-electron chi connectivity index (χ2n) is 5.99. The van der Waals surface area contributed by atoms with Crippen molar-refractivity contribution in [1.82, 2.24) is 10.2 Å². The topological polar surface area (TPSA) is 24.5 Å². The molecular weight excluding hydrogens is 212 g/mol. The van der Waals surface area contributed by atoms with Crippen LogP contribution in [0.15, 0.2) is 0 Å². The van der Waals surface area contributed by atoms with Crippen LogP contribution in [0.1, 0.15) is 39.5 Å². The van der Waals surface area contributed by atoms with Crippen LogP contribution in [-0.4, -0.2) is 49.8 Å². The second-order valence-corrected chi connectivity index (χ2v) is 5.99. The summed E-state index contributed by atoms with van der Waals surface area (Å²) in [6.45, 7) is 8.46. The highest BCUT2D eigenvalue weighted by molar-refractivity contribution is 4.88. The number of methoxy groups -OCH3 is 1. The van der Waals surface area contributed by atoms with Crippen molar-refractivity contribution in [3.05, 3.63) is 0 Å². The Labute approximate surface area is 106 Å². The molecule has 1 atom stereocenters. The number of rotatable bonds is 6. The highest BCUT2D eigenvalue weighted by Crippen LogP contribution is 2.23. The first-order valence-electron chi connectivity index (χ1n) is 7.21. The van der Waals surface area contributed by atoms with Crippen molar-refractivity contribution in [2.45, 2.75) is 57.7 Å². The van der Waals surface area contributed by atoms with Crippen LogP contribution in [0, 0.1) is 5.92 Å². The molecule has 1 unspecified atom stereocenters. The van der Waals surface area contributed by atoms with E-state index in [-0.39, 0.29) is 0 Å². The summed E-state index contributed by atoms with van der Waals surface area (Å²) < 4.78 is 5.32. The van der Waals surface area contributed by atoms with Crippen LogP contribution in [-0.2, 0) is 4.74 Å². The summed E-state index contributed by atoms with van der Waals surface area (Å²) in [7, 11) is 1.82. The van der Waals surface area contributed by atoms with Crippen LogP contribution in [0.5, 0.6) is 0 Å². The third-order valence-corrected chi connectivity index (χ3v) is 4.42. The van der Waals surface area contributed by atoms with E-state index < -0.39 is 0 Å². The first-order valence-corrected chi connectivity index (χ1v) is 7.21. The van der Waals surface area contributed by atoms with Gasteiger partial charge in [0.25, 0.3) is 0 Å². The van der Waals surface area contributed by atoms with Crippen LogP contribution in [0.4, 0.5) is 0 Å². The molecule has 1 saturated heterocycles. The van der Waals surface area contributed by atoms with E-state index in [1.54, 1.807) is 0 Å². The number of ether oxygens (including phenoxy) is 1. The number of nitrogens with one attached hydrogen (secondary N) is 1. The van der Waals surface area contributed by atoms with Crippen LogP contribution in [0.2, 0.25) is 0 Å². The van der Waals surface area contributed by atoms with Crippen molar-refractivity contribution >= 4 is 0 Å². The van der Waals surface area contributed by atoms with E-state index in [0.717, 1.165) is 18.5 Å². The normalized spacial score (nSPS) is 31.8. The monoisotopic (exact) mass is 240 g/mol. The molecule has 2 rings (SSSR count). The molecule has 3 nitrogen and oxygen atoms in total. The fourth-order valence-electron chi connectivity index (χ4n) is 3.07. The lowest BCUT2D eigenvalue weighted by Gasteiger charge is -2.38. The van der Waals surface area contributed by atoms with E-state index in [2.05, 4.69) is 24.1 Å². The Kier molecular flexibility index (Phi) is 4.83. The van der Waals surface area contributed by atoms with E-state index in [1.165, 1.54) is 38.8 Å². The summed E-state index contributed by atoms with van der Waals surface area (Å²) in [6, 6.07) is 1.42. The molecule has 0 bridgehead atoms. The summed E-state index contributed by atoms with van der Waals surface area (Å²) in [6.07, 6.45) is 5.68. The van der Waals surface area contributed by atoms with Crippen molar-refractivity contribution in [1.29, 1.82) is 0 Å². The van der Waals surface area contributed by atoms with E-state index in [1.807, 2.05) is 7.11 Å². The molecule has 0 aromatic rings. The molecule has 1 saturated carbocycles. The van der Waals surface area contributed by atoms with Gasteiger partial charge in [-0.15, -0.1) is 0 Å². The van der Waals surface area contributed by atoms with Crippen LogP contribution >= 0.6 is 0 Å². The van der Waals surface area contributed by atoms with Crippen molar-refractivity contribution in [2.24, 2.45) is 5.92 Å². The zero-order valence-corrected chi connectivity index (χ0v) is 11.6. The van der Waals surface area contributed by atoms with E-state index in [4.69, 9.17) is 4.74 Å². The molecule has 0 amide bonds. The van der Waals surface area contributed by atoms with Gasteiger partial charge in [0.1, 0.15) is 0 Å².